The number of pyridine rings is 1. The number of carbonyl (C=O) groups excluding carboxylic acids is 2. The number of hydrogen-bond donors (Lipinski definition) is 3. The van der Waals surface area contributed by atoms with Crippen molar-refractivity contribution in [3.63, 3.8) is 0 Å². The summed E-state index contributed by atoms with van der Waals surface area (Å²) in [4.78, 5) is 33.8. The Kier molecular flexibility index (Phi) is 11.6. The number of ether oxygens (including phenoxy) is 1. The summed E-state index contributed by atoms with van der Waals surface area (Å²) in [6, 6.07) is 10.9. The Morgan fingerprint density at radius 3 is 2.60 bits per heavy atom. The number of nitrogens with zero attached hydrogens (tertiary/aromatic N) is 2. The molecule has 4 N–H and O–H groups in total. The number of phenols is 1. The van der Waals surface area contributed by atoms with Gasteiger partial charge >= 0.3 is 0 Å². The van der Waals surface area contributed by atoms with Crippen LogP contribution in [0.4, 0.5) is 5.82 Å². The van der Waals surface area contributed by atoms with Crippen LogP contribution in [0.5, 0.6) is 11.5 Å². The SMILES string of the molecule is COc1cc(CCC(=O)CC(=O)CCCC2CCCCC2)cc([C@@H](c2ccnc(N)c2)[C@H](CO)Cc2ccc[n-]2)c1O. The molecule has 0 aliphatic heterocycles. The van der Waals surface area contributed by atoms with Crippen LogP contribution in [0.3, 0.4) is 0 Å². The first-order valence-electron chi connectivity index (χ1n) is 15.2. The molecule has 0 spiro atoms. The van der Waals surface area contributed by atoms with Crippen molar-refractivity contribution in [2.45, 2.75) is 83.0 Å². The summed E-state index contributed by atoms with van der Waals surface area (Å²) in [6.45, 7) is -0.160. The highest BCUT2D eigenvalue weighted by Gasteiger charge is 2.29. The molecule has 1 aliphatic carbocycles. The number of carbonyl (C=O) groups is 2. The molecule has 0 unspecified atom stereocenters. The first kappa shape index (κ1) is 31.3. The molecule has 226 valence electrons. The minimum absolute atomic E-state index is 0.0158. The second kappa shape index (κ2) is 15.5. The molecule has 42 heavy (non-hydrogen) atoms. The number of aromatic hydroxyl groups is 1. The first-order valence-corrected chi connectivity index (χ1v) is 15.2. The fraction of sp³-hybridized carbons (Fsp3) is 0.500. The van der Waals surface area contributed by atoms with Crippen molar-refractivity contribution in [1.29, 1.82) is 0 Å². The molecule has 2 heterocycles. The Bertz CT molecular complexity index is 1300. The number of aliphatic hydroxyl groups excluding tert-OH is 1. The minimum atomic E-state index is -0.452. The van der Waals surface area contributed by atoms with Crippen molar-refractivity contribution in [3.8, 4) is 11.5 Å². The zero-order chi connectivity index (χ0) is 29.9. The highest BCUT2D eigenvalue weighted by molar-refractivity contribution is 5.99. The van der Waals surface area contributed by atoms with E-state index in [1.54, 1.807) is 24.5 Å². The van der Waals surface area contributed by atoms with Crippen LogP contribution in [0.1, 0.15) is 92.5 Å². The standard InChI is InChI=1S/C34H44N3O5/c1-42-31-18-24(12-13-29(40)21-28(39)11-5-9-23-7-3-2-4-8-23)17-30(34(31)41)33(25-14-16-37-32(35)20-25)26(22-38)19-27-10-6-15-36-27/h6,10,14-18,20,23,26,33,38,41H,2-5,7-9,11-13,19,21-22H2,1H3,(H2,35,37)/q-1/t26-,33-/m0/s1. The van der Waals surface area contributed by atoms with Gasteiger partial charge in [0.2, 0.25) is 0 Å². The summed E-state index contributed by atoms with van der Waals surface area (Å²) in [5, 5.41) is 21.8. The number of phenolic OH excluding ortho intramolecular Hbond substituents is 1. The van der Waals surface area contributed by atoms with E-state index in [1.165, 1.54) is 39.2 Å². The van der Waals surface area contributed by atoms with Gasteiger partial charge in [0.25, 0.3) is 0 Å². The normalized spacial score (nSPS) is 15.3. The second-order valence-corrected chi connectivity index (χ2v) is 11.7. The molecule has 0 bridgehead atoms. The number of aliphatic hydroxyl groups is 1. The Hall–Kier alpha value is -3.65. The average molecular weight is 575 g/mol. The number of methoxy groups -OCH3 is 1. The molecule has 2 aromatic heterocycles. The van der Waals surface area contributed by atoms with Gasteiger partial charge in [0.1, 0.15) is 17.4 Å². The van der Waals surface area contributed by atoms with Gasteiger partial charge in [-0.25, -0.2) is 4.98 Å². The number of Topliss-reactive ketones (excluding diaryl/α,β-unsaturated/α-hetero) is 2. The lowest BCUT2D eigenvalue weighted by Gasteiger charge is -2.29. The van der Waals surface area contributed by atoms with Crippen molar-refractivity contribution in [3.05, 3.63) is 71.2 Å². The average Bonchev–Trinajstić information content (AvgIpc) is 3.50. The molecule has 8 nitrogen and oxygen atoms in total. The molecule has 2 atom stereocenters. The van der Waals surface area contributed by atoms with Crippen molar-refractivity contribution in [1.82, 2.24) is 9.97 Å². The predicted molar refractivity (Wildman–Crippen MR) is 163 cm³/mol. The molecule has 0 radical (unpaired) electrons. The summed E-state index contributed by atoms with van der Waals surface area (Å²) in [7, 11) is 1.48. The Balaban J connectivity index is 1.48. The van der Waals surface area contributed by atoms with Crippen LogP contribution in [-0.4, -0.2) is 40.5 Å². The molecule has 1 aromatic carbocycles. The van der Waals surface area contributed by atoms with Gasteiger partial charge < -0.3 is 25.7 Å². The number of ketones is 2. The van der Waals surface area contributed by atoms with Crippen LogP contribution in [-0.2, 0) is 22.4 Å². The van der Waals surface area contributed by atoms with Crippen LogP contribution in [0.15, 0.2) is 48.8 Å². The van der Waals surface area contributed by atoms with E-state index in [2.05, 4.69) is 9.97 Å². The van der Waals surface area contributed by atoms with E-state index in [-0.39, 0.29) is 48.4 Å². The maximum atomic E-state index is 12.8. The monoisotopic (exact) mass is 574 g/mol. The topological polar surface area (TPSA) is 137 Å². The number of aryl methyl sites for hydroxylation is 1. The largest absolute Gasteiger partial charge is 0.668 e. The van der Waals surface area contributed by atoms with E-state index in [0.717, 1.165) is 35.6 Å². The maximum Gasteiger partial charge on any atom is 0.161 e. The number of rotatable bonds is 16. The van der Waals surface area contributed by atoms with Crippen molar-refractivity contribution in [2.24, 2.45) is 11.8 Å². The fourth-order valence-corrected chi connectivity index (χ4v) is 6.35. The molecule has 1 saturated carbocycles. The summed E-state index contributed by atoms with van der Waals surface area (Å²) in [6.07, 6.45) is 13.2. The van der Waals surface area contributed by atoms with Crippen LogP contribution in [0.2, 0.25) is 0 Å². The highest BCUT2D eigenvalue weighted by Crippen LogP contribution is 2.43. The summed E-state index contributed by atoms with van der Waals surface area (Å²) in [5.41, 5.74) is 9.01. The smallest absolute Gasteiger partial charge is 0.161 e. The lowest BCUT2D eigenvalue weighted by molar-refractivity contribution is -0.127. The minimum Gasteiger partial charge on any atom is -0.668 e. The van der Waals surface area contributed by atoms with E-state index in [0.29, 0.717) is 30.6 Å². The second-order valence-electron chi connectivity index (χ2n) is 11.7. The maximum absolute atomic E-state index is 12.8. The molecular weight excluding hydrogens is 530 g/mol. The highest BCUT2D eigenvalue weighted by atomic mass is 16.5. The Morgan fingerprint density at radius 1 is 1.12 bits per heavy atom. The summed E-state index contributed by atoms with van der Waals surface area (Å²) >= 11 is 0. The van der Waals surface area contributed by atoms with Crippen molar-refractivity contribution >= 4 is 17.4 Å². The number of hydrogen-bond acceptors (Lipinski definition) is 7. The van der Waals surface area contributed by atoms with Gasteiger partial charge in [-0.05, 0) is 60.4 Å². The van der Waals surface area contributed by atoms with Crippen molar-refractivity contribution < 1.29 is 24.5 Å². The van der Waals surface area contributed by atoms with E-state index < -0.39 is 5.92 Å². The van der Waals surface area contributed by atoms with Gasteiger partial charge in [0, 0.05) is 37.1 Å². The van der Waals surface area contributed by atoms with Crippen LogP contribution in [0.25, 0.3) is 0 Å². The third-order valence-electron chi connectivity index (χ3n) is 8.56. The van der Waals surface area contributed by atoms with Gasteiger partial charge in [-0.3, -0.25) is 9.59 Å². The quantitative estimate of drug-likeness (QED) is 0.190. The molecule has 0 amide bonds. The summed E-state index contributed by atoms with van der Waals surface area (Å²) in [5.74, 6) is 0.464. The number of anilines is 1. The number of aromatic nitrogens is 2. The van der Waals surface area contributed by atoms with Gasteiger partial charge in [0.15, 0.2) is 11.5 Å². The third-order valence-corrected chi connectivity index (χ3v) is 8.56. The van der Waals surface area contributed by atoms with Gasteiger partial charge in [0.05, 0.1) is 13.5 Å². The van der Waals surface area contributed by atoms with Gasteiger partial charge in [-0.1, -0.05) is 56.7 Å². The number of nitrogens with two attached hydrogens (primary N) is 1. The molecule has 4 rings (SSSR count). The van der Waals surface area contributed by atoms with E-state index >= 15 is 0 Å². The zero-order valence-corrected chi connectivity index (χ0v) is 24.6. The van der Waals surface area contributed by atoms with Crippen LogP contribution >= 0.6 is 0 Å². The van der Waals surface area contributed by atoms with Crippen LogP contribution in [0, 0.1) is 11.8 Å². The van der Waals surface area contributed by atoms with Crippen molar-refractivity contribution in [2.75, 3.05) is 19.5 Å². The lowest BCUT2D eigenvalue weighted by Crippen LogP contribution is -2.22. The van der Waals surface area contributed by atoms with E-state index in [4.69, 9.17) is 10.5 Å². The Labute approximate surface area is 248 Å². The molecule has 0 saturated heterocycles. The third kappa shape index (κ3) is 8.68. The lowest BCUT2D eigenvalue weighted by atomic mass is 9.78. The van der Waals surface area contributed by atoms with E-state index in [9.17, 15) is 19.8 Å². The van der Waals surface area contributed by atoms with Gasteiger partial charge in [-0.2, -0.15) is 11.9 Å². The first-order chi connectivity index (χ1) is 20.4. The predicted octanol–water partition coefficient (Wildman–Crippen LogP) is 5.53. The Morgan fingerprint density at radius 2 is 1.90 bits per heavy atom. The van der Waals surface area contributed by atoms with Crippen LogP contribution < -0.4 is 15.5 Å². The molecular formula is C34H44N3O5-. The van der Waals surface area contributed by atoms with Gasteiger partial charge in [-0.15, -0.1) is 0 Å². The molecule has 8 heteroatoms. The van der Waals surface area contributed by atoms with E-state index in [1.807, 2.05) is 24.3 Å². The fourth-order valence-electron chi connectivity index (χ4n) is 6.35. The number of benzene rings is 1. The molecule has 3 aromatic rings. The molecule has 1 fully saturated rings. The number of nitrogen functional groups attached to an aromatic ring is 1. The molecule has 1 aliphatic rings. The zero-order valence-electron chi connectivity index (χ0n) is 24.6. The summed E-state index contributed by atoms with van der Waals surface area (Å²) < 4.78 is 5.52.